The summed E-state index contributed by atoms with van der Waals surface area (Å²) in [7, 11) is -3.26. The Morgan fingerprint density at radius 3 is 2.29 bits per heavy atom. The normalized spacial score (nSPS) is 25.5. The first-order chi connectivity index (χ1) is 19.6. The van der Waals surface area contributed by atoms with Gasteiger partial charge in [0.05, 0.1) is 0 Å². The lowest BCUT2D eigenvalue weighted by atomic mass is 10.1. The molecule has 5 heterocycles. The molecule has 0 unspecified atom stereocenters. The first-order valence-electron chi connectivity index (χ1n) is 12.9. The van der Waals surface area contributed by atoms with E-state index in [9.17, 15) is 4.79 Å². The third-order valence-corrected chi connectivity index (χ3v) is 14.7. The van der Waals surface area contributed by atoms with Crippen molar-refractivity contribution in [1.82, 2.24) is 19.5 Å². The van der Waals surface area contributed by atoms with Gasteiger partial charge < -0.3 is 14.9 Å². The van der Waals surface area contributed by atoms with Crippen molar-refractivity contribution in [3.8, 4) is 0 Å². The maximum Gasteiger partial charge on any atom is 0.320 e. The van der Waals surface area contributed by atoms with Crippen LogP contribution in [0.15, 0.2) is 79.1 Å². The van der Waals surface area contributed by atoms with Crippen LogP contribution >= 0.6 is 23.8 Å². The fourth-order valence-corrected chi connectivity index (χ4v) is 12.4. The van der Waals surface area contributed by atoms with Gasteiger partial charge in [0.2, 0.25) is 16.2 Å². The molecule has 0 saturated carbocycles. The van der Waals surface area contributed by atoms with E-state index in [1.807, 2.05) is 66.6 Å². The molecule has 4 aromatic rings. The summed E-state index contributed by atoms with van der Waals surface area (Å²) in [6.07, 6.45) is 1.45. The highest BCUT2D eigenvalue weighted by Crippen LogP contribution is 2.72. The van der Waals surface area contributed by atoms with E-state index in [1.165, 1.54) is 17.2 Å². The number of halogens is 1. The van der Waals surface area contributed by atoms with E-state index < -0.39 is 35.6 Å². The number of benzene rings is 2. The summed E-state index contributed by atoms with van der Waals surface area (Å²) in [5.41, 5.74) is 6.60. The van der Waals surface area contributed by atoms with E-state index in [-0.39, 0.29) is 11.6 Å². The van der Waals surface area contributed by atoms with Crippen molar-refractivity contribution in [3.05, 3.63) is 79.1 Å². The number of anilines is 1. The number of thioether (sulfide) groups is 1. The molecule has 3 saturated heterocycles. The van der Waals surface area contributed by atoms with Crippen LogP contribution in [-0.2, 0) is 23.2 Å². The van der Waals surface area contributed by atoms with Gasteiger partial charge in [-0.25, -0.2) is 24.1 Å². The highest BCUT2D eigenvalue weighted by molar-refractivity contribution is 8.04. The standard InChI is InChI=1S/C28H28FN5O4S2Si/c1-26(2,3)41(18-11-7-5-8-12-18,19-13-9-6-10-14-19)37-20(15-35)22-27(38-39-4)25(29)28(36-22,40-27)34-17-33-21-23(30)31-16-32-24(21)34/h5-14,16-17,22,25H,1-4H3,(H2,30,31,32)/t22-,25+,27+,28+/m1/s1. The molecule has 0 radical (unpaired) electrons. The van der Waals surface area contributed by atoms with Crippen LogP contribution in [-0.4, -0.2) is 57.2 Å². The van der Waals surface area contributed by atoms with Gasteiger partial charge >= 0.3 is 8.32 Å². The quantitative estimate of drug-likeness (QED) is 0.137. The largest absolute Gasteiger partial charge is 0.527 e. The lowest BCUT2D eigenvalue weighted by Crippen LogP contribution is -2.67. The minimum atomic E-state index is -3.26. The second kappa shape index (κ2) is 9.97. The number of alkyl halides is 1. The Hall–Kier alpha value is -3.19. The van der Waals surface area contributed by atoms with Crippen LogP contribution in [0.2, 0.25) is 5.04 Å². The SMILES string of the molecule is CSO[C@]12S[C@@](n3cnc4c(N)ncnc43)(O[C@@H]1C(=C=O)O[Si](c1ccccc1)(c1ccccc1)C(C)(C)C)[C@H]2F. The average Bonchev–Trinajstić information content (AvgIpc) is 3.62. The number of nitrogen functional groups attached to an aromatic ring is 1. The summed E-state index contributed by atoms with van der Waals surface area (Å²) in [5.74, 6) is 2.01. The molecule has 2 aromatic heterocycles. The second-order valence-corrected chi connectivity index (χ2v) is 17.0. The van der Waals surface area contributed by atoms with Crippen molar-refractivity contribution < 1.29 is 22.5 Å². The van der Waals surface area contributed by atoms with Crippen LogP contribution in [0, 0.1) is 0 Å². The van der Waals surface area contributed by atoms with E-state index in [4.69, 9.17) is 19.1 Å². The molecule has 0 spiro atoms. The van der Waals surface area contributed by atoms with E-state index >= 15 is 4.39 Å². The lowest BCUT2D eigenvalue weighted by molar-refractivity contribution is -0.0429. The van der Waals surface area contributed by atoms with E-state index in [0.29, 0.717) is 11.2 Å². The Bertz CT molecular complexity index is 1610. The molecule has 2 aromatic carbocycles. The number of nitrogens with zero attached hydrogens (tertiary/aromatic N) is 4. The number of rotatable bonds is 8. The Kier molecular flexibility index (Phi) is 6.80. The van der Waals surface area contributed by atoms with Crippen LogP contribution in [0.5, 0.6) is 0 Å². The highest BCUT2D eigenvalue weighted by atomic mass is 32.2. The van der Waals surface area contributed by atoms with Gasteiger partial charge in [-0.2, -0.15) is 0 Å². The summed E-state index contributed by atoms with van der Waals surface area (Å²) < 4.78 is 37.4. The van der Waals surface area contributed by atoms with Gasteiger partial charge in [0.1, 0.15) is 18.2 Å². The van der Waals surface area contributed by atoms with Crippen LogP contribution < -0.4 is 16.1 Å². The summed E-state index contributed by atoms with van der Waals surface area (Å²) in [4.78, 5) is 23.8. The Morgan fingerprint density at radius 1 is 1.12 bits per heavy atom. The monoisotopic (exact) mass is 609 g/mol. The molecule has 0 aliphatic carbocycles. The zero-order valence-electron chi connectivity index (χ0n) is 22.8. The average molecular weight is 610 g/mol. The van der Waals surface area contributed by atoms with Crippen LogP contribution in [0.3, 0.4) is 0 Å². The Balaban J connectivity index is 1.48. The molecule has 13 heteroatoms. The summed E-state index contributed by atoms with van der Waals surface area (Å²) in [6, 6.07) is 19.7. The molecule has 9 nitrogen and oxygen atoms in total. The van der Waals surface area contributed by atoms with E-state index in [0.717, 1.165) is 34.2 Å². The second-order valence-electron chi connectivity index (χ2n) is 10.8. The summed E-state index contributed by atoms with van der Waals surface area (Å²) >= 11 is 2.09. The third-order valence-electron chi connectivity index (χ3n) is 7.56. The molecule has 3 fully saturated rings. The Morgan fingerprint density at radius 2 is 1.76 bits per heavy atom. The van der Waals surface area contributed by atoms with Crippen molar-refractivity contribution in [2.24, 2.45) is 0 Å². The predicted octanol–water partition coefficient (Wildman–Crippen LogP) is 3.79. The molecule has 0 amide bonds. The van der Waals surface area contributed by atoms with Gasteiger partial charge in [-0.05, 0) is 27.5 Å². The predicted molar refractivity (Wildman–Crippen MR) is 160 cm³/mol. The highest BCUT2D eigenvalue weighted by Gasteiger charge is 2.82. The maximum atomic E-state index is 16.5. The fourth-order valence-electron chi connectivity index (χ4n) is 5.77. The van der Waals surface area contributed by atoms with Gasteiger partial charge in [-0.1, -0.05) is 93.2 Å². The van der Waals surface area contributed by atoms with Crippen molar-refractivity contribution >= 4 is 65.4 Å². The lowest BCUT2D eigenvalue weighted by Gasteiger charge is -2.47. The number of hydrogen-bond acceptors (Lipinski definition) is 10. The molecular formula is C28H28FN5O4S2Si. The number of carbonyl (C=O) groups excluding carboxylic acids is 1. The fraction of sp³-hybridized carbons (Fsp3) is 0.321. The molecule has 212 valence electrons. The molecule has 3 aliphatic heterocycles. The zero-order valence-corrected chi connectivity index (χ0v) is 25.4. The van der Waals surface area contributed by atoms with Gasteiger partial charge in [0.15, 0.2) is 29.3 Å². The maximum absolute atomic E-state index is 16.5. The van der Waals surface area contributed by atoms with Crippen molar-refractivity contribution in [2.45, 2.75) is 48.1 Å². The van der Waals surface area contributed by atoms with Crippen molar-refractivity contribution in [3.63, 3.8) is 0 Å². The topological polar surface area (TPSA) is 114 Å². The number of fused-ring (bicyclic) bond motifs is 2. The molecule has 2 bridgehead atoms. The van der Waals surface area contributed by atoms with Crippen LogP contribution in [0.4, 0.5) is 10.2 Å². The van der Waals surface area contributed by atoms with Crippen LogP contribution in [0.1, 0.15) is 20.8 Å². The number of hydrogen-bond donors (Lipinski definition) is 1. The number of ether oxygens (including phenoxy) is 1. The molecular weight excluding hydrogens is 582 g/mol. The van der Waals surface area contributed by atoms with E-state index in [2.05, 4.69) is 35.7 Å². The van der Waals surface area contributed by atoms with Crippen molar-refractivity contribution in [1.29, 1.82) is 0 Å². The number of aromatic nitrogens is 4. The first-order valence-corrected chi connectivity index (χ1v) is 16.7. The molecule has 7 rings (SSSR count). The summed E-state index contributed by atoms with van der Waals surface area (Å²) in [6.45, 7) is 6.25. The zero-order chi connectivity index (χ0) is 29.0. The van der Waals surface area contributed by atoms with Gasteiger partial charge in [-0.3, -0.25) is 8.75 Å². The minimum absolute atomic E-state index is 0.151. The minimum Gasteiger partial charge on any atom is -0.527 e. The number of imidazole rings is 1. The molecule has 2 N–H and O–H groups in total. The first kappa shape index (κ1) is 28.0. The van der Waals surface area contributed by atoms with Gasteiger partial charge in [0.25, 0.3) is 0 Å². The molecule has 41 heavy (non-hydrogen) atoms. The van der Waals surface area contributed by atoms with Gasteiger partial charge in [-0.15, -0.1) is 0 Å². The molecule has 4 atom stereocenters. The third kappa shape index (κ3) is 3.91. The van der Waals surface area contributed by atoms with Gasteiger partial charge in [0, 0.05) is 6.26 Å². The molecule has 3 aliphatic rings. The summed E-state index contributed by atoms with van der Waals surface area (Å²) in [5, 5.41) is -0.179. The van der Waals surface area contributed by atoms with Crippen molar-refractivity contribution in [2.75, 3.05) is 12.0 Å². The Labute approximate surface area is 246 Å². The van der Waals surface area contributed by atoms with E-state index in [1.54, 1.807) is 6.26 Å². The van der Waals surface area contributed by atoms with Crippen LogP contribution in [0.25, 0.3) is 11.2 Å². The number of nitrogens with two attached hydrogens (primary N) is 1. The smallest absolute Gasteiger partial charge is 0.320 e.